The van der Waals surface area contributed by atoms with Crippen LogP contribution in [0, 0.1) is 11.3 Å². The van der Waals surface area contributed by atoms with Crippen LogP contribution >= 0.6 is 0 Å². The summed E-state index contributed by atoms with van der Waals surface area (Å²) in [5.74, 6) is 1.04. The van der Waals surface area contributed by atoms with Crippen molar-refractivity contribution in [3.63, 3.8) is 0 Å². The van der Waals surface area contributed by atoms with Crippen molar-refractivity contribution in [2.75, 3.05) is 25.2 Å². The third-order valence-corrected chi connectivity index (χ3v) is 2.81. The predicted octanol–water partition coefficient (Wildman–Crippen LogP) is 1.59. The van der Waals surface area contributed by atoms with Gasteiger partial charge >= 0.3 is 0 Å². The van der Waals surface area contributed by atoms with Gasteiger partial charge in [-0.25, -0.2) is 4.98 Å². The summed E-state index contributed by atoms with van der Waals surface area (Å²) >= 11 is 0. The Bertz CT molecular complexity index is 709. The number of benzene rings is 1. The Morgan fingerprint density at radius 2 is 2.05 bits per heavy atom. The zero-order valence-corrected chi connectivity index (χ0v) is 11.8. The monoisotopic (exact) mass is 285 g/mol. The van der Waals surface area contributed by atoms with Gasteiger partial charge in [-0.3, -0.25) is 0 Å². The van der Waals surface area contributed by atoms with Crippen LogP contribution in [0.25, 0.3) is 11.3 Å². The van der Waals surface area contributed by atoms with Crippen molar-refractivity contribution < 1.29 is 9.47 Å². The van der Waals surface area contributed by atoms with Crippen molar-refractivity contribution in [1.82, 2.24) is 9.97 Å². The van der Waals surface area contributed by atoms with Gasteiger partial charge in [0.2, 0.25) is 5.95 Å². The van der Waals surface area contributed by atoms with E-state index < -0.39 is 0 Å². The molecular weight excluding hydrogens is 270 g/mol. The molecule has 0 fully saturated rings. The molecule has 0 aliphatic heterocycles. The summed E-state index contributed by atoms with van der Waals surface area (Å²) in [6.45, 7) is 2.29. The van der Waals surface area contributed by atoms with Gasteiger partial charge in [0.25, 0.3) is 0 Å². The zero-order chi connectivity index (χ0) is 15.4. The molecule has 2 rings (SSSR count). The van der Waals surface area contributed by atoms with Gasteiger partial charge in [-0.1, -0.05) is 6.07 Å². The number of aromatic nitrogens is 2. The summed E-state index contributed by atoms with van der Waals surface area (Å²) in [6.07, 6.45) is 0. The summed E-state index contributed by atoms with van der Waals surface area (Å²) in [4.78, 5) is 7.92. The number of hydrogen-bond donors (Lipinski definition) is 2. The Labute approximate surface area is 122 Å². The van der Waals surface area contributed by atoms with Gasteiger partial charge in [-0.05, 0) is 19.1 Å². The minimum atomic E-state index is -0.00762. The van der Waals surface area contributed by atoms with E-state index in [9.17, 15) is 5.26 Å². The average molecular weight is 285 g/mol. The van der Waals surface area contributed by atoms with Crippen molar-refractivity contribution in [1.29, 1.82) is 5.26 Å². The van der Waals surface area contributed by atoms with Crippen molar-refractivity contribution in [3.8, 4) is 28.8 Å². The molecule has 21 heavy (non-hydrogen) atoms. The largest absolute Gasteiger partial charge is 0.493 e. The molecule has 0 bridgehead atoms. The average Bonchev–Trinajstić information content (AvgIpc) is 2.47. The summed E-state index contributed by atoms with van der Waals surface area (Å²) in [7, 11) is 1.54. The molecule has 7 nitrogen and oxygen atoms in total. The van der Waals surface area contributed by atoms with Gasteiger partial charge in [-0.2, -0.15) is 10.2 Å². The third-order valence-electron chi connectivity index (χ3n) is 2.81. The smallest absolute Gasteiger partial charge is 0.222 e. The highest BCUT2D eigenvalue weighted by molar-refractivity contribution is 5.79. The molecule has 0 saturated carbocycles. The molecule has 7 heteroatoms. The van der Waals surface area contributed by atoms with Gasteiger partial charge in [-0.15, -0.1) is 0 Å². The minimum absolute atomic E-state index is 0.00762. The van der Waals surface area contributed by atoms with Crippen LogP contribution in [0.1, 0.15) is 12.5 Å². The SMILES string of the molecule is CCOc1c(OC)cccc1-c1nc(N)nc(N)c1C#N. The highest BCUT2D eigenvalue weighted by Crippen LogP contribution is 2.39. The first-order valence-electron chi connectivity index (χ1n) is 6.25. The van der Waals surface area contributed by atoms with Crippen molar-refractivity contribution >= 4 is 11.8 Å². The maximum atomic E-state index is 9.28. The quantitative estimate of drug-likeness (QED) is 0.874. The number of methoxy groups -OCH3 is 1. The lowest BCUT2D eigenvalue weighted by Crippen LogP contribution is -2.06. The van der Waals surface area contributed by atoms with Gasteiger partial charge in [0.05, 0.1) is 19.4 Å². The molecule has 0 aliphatic rings. The standard InChI is InChI=1S/C14H15N5O2/c1-3-21-12-8(5-4-6-10(12)20-2)11-9(7-15)13(16)19-14(17)18-11/h4-6H,3H2,1-2H3,(H4,16,17,18,19). The maximum absolute atomic E-state index is 9.28. The zero-order valence-electron chi connectivity index (χ0n) is 11.8. The Balaban J connectivity index is 2.76. The summed E-state index contributed by atoms with van der Waals surface area (Å²) in [5.41, 5.74) is 12.4. The van der Waals surface area contributed by atoms with E-state index in [1.807, 2.05) is 13.0 Å². The van der Waals surface area contributed by atoms with Gasteiger partial charge in [0, 0.05) is 5.56 Å². The molecule has 0 radical (unpaired) electrons. The van der Waals surface area contributed by atoms with Crippen LogP contribution in [0.15, 0.2) is 18.2 Å². The lowest BCUT2D eigenvalue weighted by molar-refractivity contribution is 0.312. The second-order valence-corrected chi connectivity index (χ2v) is 4.07. The molecule has 0 aliphatic carbocycles. The van der Waals surface area contributed by atoms with Crippen molar-refractivity contribution in [2.45, 2.75) is 6.92 Å². The fraction of sp³-hybridized carbons (Fsp3) is 0.214. The van der Waals surface area contributed by atoms with Crippen LogP contribution in [-0.2, 0) is 0 Å². The fourth-order valence-electron chi connectivity index (χ4n) is 1.96. The van der Waals surface area contributed by atoms with Crippen LogP contribution in [0.5, 0.6) is 11.5 Å². The lowest BCUT2D eigenvalue weighted by atomic mass is 10.1. The van der Waals surface area contributed by atoms with E-state index >= 15 is 0 Å². The molecule has 2 aromatic rings. The molecule has 0 spiro atoms. The topological polar surface area (TPSA) is 120 Å². The fourth-order valence-corrected chi connectivity index (χ4v) is 1.96. The predicted molar refractivity (Wildman–Crippen MR) is 78.7 cm³/mol. The van der Waals surface area contributed by atoms with E-state index in [0.717, 1.165) is 0 Å². The summed E-state index contributed by atoms with van der Waals surface area (Å²) in [5, 5.41) is 9.28. The first-order valence-corrected chi connectivity index (χ1v) is 6.25. The van der Waals surface area contributed by atoms with Crippen molar-refractivity contribution in [3.05, 3.63) is 23.8 Å². The number of ether oxygens (including phenoxy) is 2. The first kappa shape index (κ1) is 14.4. The van der Waals surface area contributed by atoms with E-state index in [-0.39, 0.29) is 17.3 Å². The Kier molecular flexibility index (Phi) is 4.09. The van der Waals surface area contributed by atoms with E-state index in [0.29, 0.717) is 29.4 Å². The highest BCUT2D eigenvalue weighted by Gasteiger charge is 2.19. The molecular formula is C14H15N5O2. The number of nitriles is 1. The van der Waals surface area contributed by atoms with Crippen molar-refractivity contribution in [2.24, 2.45) is 0 Å². The van der Waals surface area contributed by atoms with Crippen LogP contribution in [0.4, 0.5) is 11.8 Å². The molecule has 4 N–H and O–H groups in total. The van der Waals surface area contributed by atoms with Crippen LogP contribution < -0.4 is 20.9 Å². The second kappa shape index (κ2) is 5.96. The highest BCUT2D eigenvalue weighted by atomic mass is 16.5. The number of nitrogen functional groups attached to an aromatic ring is 2. The Morgan fingerprint density at radius 3 is 2.67 bits per heavy atom. The molecule has 0 unspecified atom stereocenters. The molecule has 0 amide bonds. The van der Waals surface area contributed by atoms with Gasteiger partial charge in [0.15, 0.2) is 11.5 Å². The first-order chi connectivity index (χ1) is 10.1. The lowest BCUT2D eigenvalue weighted by Gasteiger charge is -2.15. The van der Waals surface area contributed by atoms with Gasteiger partial charge in [0.1, 0.15) is 17.5 Å². The molecule has 0 saturated heterocycles. The third kappa shape index (κ3) is 2.65. The van der Waals surface area contributed by atoms with Crippen LogP contribution in [0.3, 0.4) is 0 Å². The number of para-hydroxylation sites is 1. The van der Waals surface area contributed by atoms with E-state index in [1.165, 1.54) is 7.11 Å². The van der Waals surface area contributed by atoms with E-state index in [2.05, 4.69) is 9.97 Å². The van der Waals surface area contributed by atoms with E-state index in [1.54, 1.807) is 18.2 Å². The normalized spacial score (nSPS) is 9.95. The summed E-state index contributed by atoms with van der Waals surface area (Å²) < 4.78 is 10.9. The minimum Gasteiger partial charge on any atom is -0.493 e. The molecule has 0 atom stereocenters. The Morgan fingerprint density at radius 1 is 1.29 bits per heavy atom. The number of nitrogens with two attached hydrogens (primary N) is 2. The molecule has 1 aromatic heterocycles. The second-order valence-electron chi connectivity index (χ2n) is 4.07. The van der Waals surface area contributed by atoms with Crippen LogP contribution in [0.2, 0.25) is 0 Å². The number of hydrogen-bond acceptors (Lipinski definition) is 7. The molecule has 1 aromatic carbocycles. The number of anilines is 2. The number of nitrogens with zero attached hydrogens (tertiary/aromatic N) is 3. The molecule has 108 valence electrons. The van der Waals surface area contributed by atoms with Crippen LogP contribution in [-0.4, -0.2) is 23.7 Å². The Hall–Kier alpha value is -3.01. The number of rotatable bonds is 4. The summed E-state index contributed by atoms with van der Waals surface area (Å²) in [6, 6.07) is 7.28. The molecule has 1 heterocycles. The van der Waals surface area contributed by atoms with Gasteiger partial charge < -0.3 is 20.9 Å². The maximum Gasteiger partial charge on any atom is 0.222 e. The van der Waals surface area contributed by atoms with E-state index in [4.69, 9.17) is 20.9 Å².